The number of amides is 2. The average Bonchev–Trinajstić information content (AvgIpc) is 3.14. The highest BCUT2D eigenvalue weighted by atomic mass is 32.1. The third-order valence-electron chi connectivity index (χ3n) is 3.88. The quantitative estimate of drug-likeness (QED) is 0.476. The first kappa shape index (κ1) is 21.9. The van der Waals surface area contributed by atoms with Gasteiger partial charge in [0.15, 0.2) is 17.5 Å². The molecule has 1 aromatic heterocycles. The molecule has 29 heavy (non-hydrogen) atoms. The van der Waals surface area contributed by atoms with E-state index in [-0.39, 0.29) is 17.5 Å². The summed E-state index contributed by atoms with van der Waals surface area (Å²) in [5, 5.41) is 2.30. The monoisotopic (exact) mass is 413 g/mol. The van der Waals surface area contributed by atoms with Crippen molar-refractivity contribution in [2.45, 2.75) is 19.8 Å². The van der Waals surface area contributed by atoms with Gasteiger partial charge in [-0.1, -0.05) is 45.2 Å². The lowest BCUT2D eigenvalue weighted by atomic mass is 10.0. The van der Waals surface area contributed by atoms with Crippen LogP contribution in [0.5, 0.6) is 5.75 Å². The van der Waals surface area contributed by atoms with Crippen molar-refractivity contribution in [2.24, 2.45) is 0 Å². The van der Waals surface area contributed by atoms with Crippen LogP contribution in [0.25, 0.3) is 12.2 Å². The van der Waals surface area contributed by atoms with Gasteiger partial charge in [-0.3, -0.25) is 25.8 Å². The van der Waals surface area contributed by atoms with Crippen LogP contribution in [0, 0.1) is 0 Å². The number of benzene rings is 1. The maximum atomic E-state index is 12.1. The van der Waals surface area contributed by atoms with Gasteiger partial charge in [-0.25, -0.2) is 0 Å². The van der Waals surface area contributed by atoms with Crippen LogP contribution in [-0.2, 0) is 4.79 Å². The van der Waals surface area contributed by atoms with Crippen LogP contribution in [0.3, 0.4) is 0 Å². The van der Waals surface area contributed by atoms with Gasteiger partial charge in [0.05, 0.1) is 0 Å². The molecule has 0 aliphatic carbocycles. The molecule has 0 bridgehead atoms. The number of hydrazine groups is 1. The molecular weight excluding hydrogens is 390 g/mol. The van der Waals surface area contributed by atoms with Gasteiger partial charge in [-0.2, -0.15) is 0 Å². The van der Waals surface area contributed by atoms with Crippen molar-refractivity contribution in [3.8, 4) is 5.75 Å². The highest BCUT2D eigenvalue weighted by Gasteiger charge is 2.15. The highest BCUT2D eigenvalue weighted by Crippen LogP contribution is 2.19. The second-order valence-electron chi connectivity index (χ2n) is 6.31. The van der Waals surface area contributed by atoms with E-state index in [2.05, 4.69) is 43.2 Å². The lowest BCUT2D eigenvalue weighted by molar-refractivity contribution is -0.123. The Morgan fingerprint density at radius 1 is 1.17 bits per heavy atom. The van der Waals surface area contributed by atoms with Gasteiger partial charge in [-0.05, 0) is 48.0 Å². The van der Waals surface area contributed by atoms with Crippen LogP contribution in [0.1, 0.15) is 47.2 Å². The number of rotatable bonds is 7. The van der Waals surface area contributed by atoms with E-state index in [1.165, 1.54) is 17.7 Å². The van der Waals surface area contributed by atoms with E-state index in [0.717, 1.165) is 0 Å². The Kier molecular flexibility index (Phi) is 7.73. The molecule has 0 spiro atoms. The molecule has 2 aromatic rings. The number of hydrogen-bond donors (Lipinski definition) is 3. The van der Waals surface area contributed by atoms with Crippen LogP contribution < -0.4 is 20.9 Å². The lowest BCUT2D eigenvalue weighted by Gasteiger charge is -2.11. The van der Waals surface area contributed by atoms with E-state index >= 15 is 0 Å². The molecule has 8 heteroatoms. The fourth-order valence-corrected chi connectivity index (χ4v) is 2.45. The molecule has 2 rings (SSSR count). The van der Waals surface area contributed by atoms with Crippen molar-refractivity contribution in [3.63, 3.8) is 0 Å². The summed E-state index contributed by atoms with van der Waals surface area (Å²) in [4.78, 5) is 24.0. The Balaban J connectivity index is 1.77. The molecule has 152 valence electrons. The minimum absolute atomic E-state index is 0.0402. The van der Waals surface area contributed by atoms with E-state index in [1.54, 1.807) is 18.2 Å². The summed E-state index contributed by atoms with van der Waals surface area (Å²) >= 11 is 4.98. The van der Waals surface area contributed by atoms with Crippen molar-refractivity contribution >= 4 is 41.3 Å². The molecule has 2 amide bonds. The number of nitrogens with one attached hydrogen (secondary N) is 3. The first-order chi connectivity index (χ1) is 13.8. The Bertz CT molecular complexity index is 891. The smallest absolute Gasteiger partial charge is 0.293 e. The number of furan rings is 1. The first-order valence-electron chi connectivity index (χ1n) is 8.85. The molecule has 0 aliphatic heterocycles. The highest BCUT2D eigenvalue weighted by molar-refractivity contribution is 7.80. The summed E-state index contributed by atoms with van der Waals surface area (Å²) in [6.45, 7) is 11.2. The Morgan fingerprint density at radius 2 is 1.86 bits per heavy atom. The van der Waals surface area contributed by atoms with Crippen molar-refractivity contribution in [1.29, 1.82) is 0 Å². The first-order valence-corrected chi connectivity index (χ1v) is 9.26. The molecule has 0 saturated carbocycles. The van der Waals surface area contributed by atoms with Gasteiger partial charge in [0.2, 0.25) is 0 Å². The van der Waals surface area contributed by atoms with E-state index in [9.17, 15) is 9.59 Å². The molecule has 0 saturated heterocycles. The summed E-state index contributed by atoms with van der Waals surface area (Å²) in [6.07, 6.45) is 3.02. The minimum Gasteiger partial charge on any atom is -0.484 e. The topological polar surface area (TPSA) is 92.6 Å². The molecule has 0 atom stereocenters. The molecule has 0 fully saturated rings. The summed E-state index contributed by atoms with van der Waals surface area (Å²) in [5.74, 6) is 0.425. The molecule has 1 heterocycles. The van der Waals surface area contributed by atoms with Gasteiger partial charge in [-0.15, -0.1) is 0 Å². The summed E-state index contributed by atoms with van der Waals surface area (Å²) in [6, 6.07) is 9.02. The number of hydrogen-bond acceptors (Lipinski definition) is 5. The van der Waals surface area contributed by atoms with Gasteiger partial charge in [0.25, 0.3) is 11.8 Å². The third kappa shape index (κ3) is 6.32. The number of carbonyl (C=O) groups is 2. The maximum absolute atomic E-state index is 12.1. The third-order valence-corrected chi connectivity index (χ3v) is 4.08. The van der Waals surface area contributed by atoms with Crippen LogP contribution in [0.15, 0.2) is 47.9 Å². The van der Waals surface area contributed by atoms with Crippen molar-refractivity contribution in [3.05, 3.63) is 66.1 Å². The largest absolute Gasteiger partial charge is 0.484 e. The van der Waals surface area contributed by atoms with Gasteiger partial charge >= 0.3 is 0 Å². The molecule has 0 unspecified atom stereocenters. The SMILES string of the molecule is C=Cc1cc(C(=O)NC(=S)NNC(=O)COc2ccc(C(C)C)cc2)oc1C=C. The second-order valence-corrected chi connectivity index (χ2v) is 6.72. The molecule has 0 aliphatic rings. The lowest BCUT2D eigenvalue weighted by Crippen LogP contribution is -2.49. The predicted octanol–water partition coefficient (Wildman–Crippen LogP) is 3.40. The van der Waals surface area contributed by atoms with Crippen LogP contribution in [-0.4, -0.2) is 23.5 Å². The van der Waals surface area contributed by atoms with E-state index in [1.807, 2.05) is 12.1 Å². The molecule has 0 radical (unpaired) electrons. The van der Waals surface area contributed by atoms with Gasteiger partial charge in [0.1, 0.15) is 11.5 Å². The fraction of sp³-hybridized carbons (Fsp3) is 0.190. The van der Waals surface area contributed by atoms with E-state index < -0.39 is 11.8 Å². The zero-order valence-electron chi connectivity index (χ0n) is 16.3. The Morgan fingerprint density at radius 3 is 2.41 bits per heavy atom. The normalized spacial score (nSPS) is 10.2. The van der Waals surface area contributed by atoms with Crippen LogP contribution in [0.4, 0.5) is 0 Å². The molecule has 1 aromatic carbocycles. The molecular formula is C21H23N3O4S. The Labute approximate surface area is 174 Å². The average molecular weight is 413 g/mol. The van der Waals surface area contributed by atoms with Crippen LogP contribution >= 0.6 is 12.2 Å². The van der Waals surface area contributed by atoms with E-state index in [0.29, 0.717) is 23.0 Å². The van der Waals surface area contributed by atoms with Crippen molar-refractivity contribution in [1.82, 2.24) is 16.2 Å². The summed E-state index contributed by atoms with van der Waals surface area (Å²) in [5.41, 5.74) is 6.59. The van der Waals surface area contributed by atoms with Gasteiger partial charge < -0.3 is 9.15 Å². The van der Waals surface area contributed by atoms with Crippen LogP contribution in [0.2, 0.25) is 0 Å². The summed E-state index contributed by atoms with van der Waals surface area (Å²) < 4.78 is 10.8. The standard InChI is InChI=1S/C21H23N3O4S/c1-5-14-11-18(28-17(14)6-2)20(26)22-21(29)24-23-19(25)12-27-16-9-7-15(8-10-16)13(3)4/h5-11,13H,1-2,12H2,3-4H3,(H,23,25)(H2,22,24,26,29). The predicted molar refractivity (Wildman–Crippen MR) is 116 cm³/mol. The molecule has 7 nitrogen and oxygen atoms in total. The van der Waals surface area contributed by atoms with E-state index in [4.69, 9.17) is 21.4 Å². The van der Waals surface area contributed by atoms with Crippen molar-refractivity contribution in [2.75, 3.05) is 6.61 Å². The van der Waals surface area contributed by atoms with Gasteiger partial charge in [0, 0.05) is 5.56 Å². The number of carbonyl (C=O) groups excluding carboxylic acids is 2. The second kappa shape index (κ2) is 10.2. The maximum Gasteiger partial charge on any atom is 0.293 e. The zero-order valence-corrected chi connectivity index (χ0v) is 17.1. The Hall–Kier alpha value is -3.39. The number of thiocarbonyl (C=S) groups is 1. The molecule has 3 N–H and O–H groups in total. The summed E-state index contributed by atoms with van der Waals surface area (Å²) in [7, 11) is 0. The minimum atomic E-state index is -0.575. The number of ether oxygens (including phenoxy) is 1. The zero-order chi connectivity index (χ0) is 21.4. The van der Waals surface area contributed by atoms with Crippen molar-refractivity contribution < 1.29 is 18.7 Å². The fourth-order valence-electron chi connectivity index (χ4n) is 2.31.